The molecule has 4 heteroatoms. The molecule has 3 heterocycles. The van der Waals surface area contributed by atoms with Gasteiger partial charge in [-0.25, -0.2) is 0 Å². The van der Waals surface area contributed by atoms with E-state index < -0.39 is 0 Å². The molecule has 0 aliphatic carbocycles. The van der Waals surface area contributed by atoms with Crippen LogP contribution in [0.4, 0.5) is 0 Å². The Labute approximate surface area is 124 Å². The van der Waals surface area contributed by atoms with E-state index in [2.05, 4.69) is 9.88 Å². The van der Waals surface area contributed by atoms with Gasteiger partial charge >= 0.3 is 0 Å². The van der Waals surface area contributed by atoms with Gasteiger partial charge in [-0.2, -0.15) is 0 Å². The highest BCUT2D eigenvalue weighted by Gasteiger charge is 2.32. The second-order valence-corrected chi connectivity index (χ2v) is 6.18. The molecule has 2 aromatic rings. The van der Waals surface area contributed by atoms with Crippen LogP contribution < -0.4 is 0 Å². The molecule has 1 amide bonds. The molecule has 0 spiro atoms. The van der Waals surface area contributed by atoms with Crippen molar-refractivity contribution < 1.29 is 4.79 Å². The molecule has 1 aromatic carbocycles. The lowest BCUT2D eigenvalue weighted by Crippen LogP contribution is -2.37. The van der Waals surface area contributed by atoms with Crippen LogP contribution in [0.2, 0.25) is 0 Å². The Balaban J connectivity index is 1.53. The van der Waals surface area contributed by atoms with Crippen LogP contribution in [-0.2, 0) is 0 Å². The van der Waals surface area contributed by atoms with Gasteiger partial charge < -0.3 is 9.88 Å². The predicted octanol–water partition coefficient (Wildman–Crippen LogP) is 2.48. The van der Waals surface area contributed by atoms with Crippen molar-refractivity contribution in [1.82, 2.24) is 14.8 Å². The molecular formula is C17H21N3O. The van der Waals surface area contributed by atoms with E-state index in [9.17, 15) is 4.79 Å². The highest BCUT2D eigenvalue weighted by molar-refractivity contribution is 6.06. The summed E-state index contributed by atoms with van der Waals surface area (Å²) < 4.78 is 0. The number of nitrogens with zero attached hydrogens (tertiary/aromatic N) is 2. The van der Waals surface area contributed by atoms with Crippen LogP contribution >= 0.6 is 0 Å². The molecule has 1 N–H and O–H groups in total. The number of aromatic amines is 1. The number of aromatic nitrogens is 1. The second kappa shape index (κ2) is 5.19. The molecule has 1 aromatic heterocycles. The van der Waals surface area contributed by atoms with Crippen LogP contribution in [0.5, 0.6) is 0 Å². The summed E-state index contributed by atoms with van der Waals surface area (Å²) in [6.07, 6.45) is 5.60. The van der Waals surface area contributed by atoms with E-state index in [1.54, 1.807) is 0 Å². The van der Waals surface area contributed by atoms with E-state index in [1.165, 1.54) is 25.9 Å². The van der Waals surface area contributed by atoms with Gasteiger partial charge in [-0.3, -0.25) is 9.69 Å². The van der Waals surface area contributed by atoms with Gasteiger partial charge in [0.2, 0.25) is 0 Å². The number of carbonyl (C=O) groups excluding carboxylic acids is 1. The quantitative estimate of drug-likeness (QED) is 0.919. The molecule has 0 saturated carbocycles. The third-order valence-electron chi connectivity index (χ3n) is 4.93. The fraction of sp³-hybridized carbons (Fsp3) is 0.471. The maximum Gasteiger partial charge on any atom is 0.256 e. The molecule has 0 radical (unpaired) electrons. The van der Waals surface area contributed by atoms with Crippen molar-refractivity contribution in [3.63, 3.8) is 0 Å². The monoisotopic (exact) mass is 283 g/mol. The highest BCUT2D eigenvalue weighted by Crippen LogP contribution is 2.24. The fourth-order valence-electron chi connectivity index (χ4n) is 3.75. The number of nitrogens with one attached hydrogen (secondary N) is 1. The average molecular weight is 283 g/mol. The number of likely N-dealkylation sites (tertiary alicyclic amines) is 2. The van der Waals surface area contributed by atoms with Crippen LogP contribution in [-0.4, -0.2) is 52.9 Å². The number of amides is 1. The van der Waals surface area contributed by atoms with E-state index in [4.69, 9.17) is 0 Å². The summed E-state index contributed by atoms with van der Waals surface area (Å²) >= 11 is 0. The van der Waals surface area contributed by atoms with Gasteiger partial charge in [0.1, 0.15) is 0 Å². The highest BCUT2D eigenvalue weighted by atomic mass is 16.2. The van der Waals surface area contributed by atoms with Gasteiger partial charge in [0.25, 0.3) is 5.91 Å². The van der Waals surface area contributed by atoms with Crippen molar-refractivity contribution in [2.24, 2.45) is 0 Å². The number of hydrogen-bond acceptors (Lipinski definition) is 2. The zero-order chi connectivity index (χ0) is 14.2. The van der Waals surface area contributed by atoms with E-state index in [1.807, 2.05) is 35.4 Å². The van der Waals surface area contributed by atoms with E-state index in [0.717, 1.165) is 36.0 Å². The Morgan fingerprint density at radius 1 is 1.14 bits per heavy atom. The van der Waals surface area contributed by atoms with Crippen molar-refractivity contribution in [2.45, 2.75) is 25.3 Å². The number of fused-ring (bicyclic) bond motifs is 1. The summed E-state index contributed by atoms with van der Waals surface area (Å²) in [4.78, 5) is 20.6. The fourth-order valence-corrected chi connectivity index (χ4v) is 3.75. The summed E-state index contributed by atoms with van der Waals surface area (Å²) in [5, 5.41) is 1.03. The van der Waals surface area contributed by atoms with Crippen LogP contribution in [0.15, 0.2) is 30.5 Å². The van der Waals surface area contributed by atoms with Crippen molar-refractivity contribution in [3.05, 3.63) is 36.0 Å². The molecular weight excluding hydrogens is 262 g/mol. The van der Waals surface area contributed by atoms with Gasteiger partial charge in [0, 0.05) is 36.2 Å². The topological polar surface area (TPSA) is 39.3 Å². The Morgan fingerprint density at radius 2 is 1.95 bits per heavy atom. The molecule has 4 rings (SSSR count). The lowest BCUT2D eigenvalue weighted by Gasteiger charge is -2.23. The van der Waals surface area contributed by atoms with Gasteiger partial charge in [0.05, 0.1) is 5.56 Å². The first-order valence-electron chi connectivity index (χ1n) is 7.92. The lowest BCUT2D eigenvalue weighted by molar-refractivity contribution is 0.0782. The molecule has 2 aliphatic heterocycles. The smallest absolute Gasteiger partial charge is 0.256 e. The summed E-state index contributed by atoms with van der Waals surface area (Å²) in [5.41, 5.74) is 1.85. The third kappa shape index (κ3) is 2.23. The van der Waals surface area contributed by atoms with Crippen molar-refractivity contribution in [3.8, 4) is 0 Å². The third-order valence-corrected chi connectivity index (χ3v) is 4.93. The predicted molar refractivity (Wildman–Crippen MR) is 83.4 cm³/mol. The van der Waals surface area contributed by atoms with Crippen LogP contribution in [0.3, 0.4) is 0 Å². The lowest BCUT2D eigenvalue weighted by atomic mass is 10.1. The first-order chi connectivity index (χ1) is 10.3. The first kappa shape index (κ1) is 12.9. The number of H-pyrrole nitrogens is 1. The molecule has 1 atom stereocenters. The number of para-hydroxylation sites is 1. The number of benzene rings is 1. The molecule has 1 unspecified atom stereocenters. The maximum atomic E-state index is 12.8. The van der Waals surface area contributed by atoms with Gasteiger partial charge in [0.15, 0.2) is 0 Å². The van der Waals surface area contributed by atoms with Crippen LogP contribution in [0.25, 0.3) is 10.9 Å². The van der Waals surface area contributed by atoms with Crippen molar-refractivity contribution in [2.75, 3.05) is 26.2 Å². The van der Waals surface area contributed by atoms with Gasteiger partial charge in [-0.15, -0.1) is 0 Å². The second-order valence-electron chi connectivity index (χ2n) is 6.18. The largest absolute Gasteiger partial charge is 0.360 e. The molecule has 110 valence electrons. The standard InChI is InChI=1S/C17H21N3O/c21-17(15-11-18-16-6-2-1-5-14(15)16)20-10-7-13(12-20)19-8-3-4-9-19/h1-2,5-6,11,13,18H,3-4,7-10,12H2. The number of hydrogen-bond donors (Lipinski definition) is 1. The van der Waals surface area contributed by atoms with Gasteiger partial charge in [-0.1, -0.05) is 18.2 Å². The number of carbonyl (C=O) groups is 1. The molecule has 2 aliphatic rings. The maximum absolute atomic E-state index is 12.8. The van der Waals surface area contributed by atoms with Crippen molar-refractivity contribution >= 4 is 16.8 Å². The van der Waals surface area contributed by atoms with Gasteiger partial charge in [-0.05, 0) is 38.4 Å². The Morgan fingerprint density at radius 3 is 2.81 bits per heavy atom. The molecule has 0 bridgehead atoms. The molecule has 21 heavy (non-hydrogen) atoms. The van der Waals surface area contributed by atoms with Crippen LogP contribution in [0, 0.1) is 0 Å². The minimum absolute atomic E-state index is 0.175. The van der Waals surface area contributed by atoms with E-state index in [-0.39, 0.29) is 5.91 Å². The average Bonchev–Trinajstić information content (AvgIpc) is 3.25. The number of rotatable bonds is 2. The normalized spacial score (nSPS) is 23.2. The zero-order valence-corrected chi connectivity index (χ0v) is 12.2. The minimum Gasteiger partial charge on any atom is -0.360 e. The summed E-state index contributed by atoms with van der Waals surface area (Å²) in [5.74, 6) is 0.175. The van der Waals surface area contributed by atoms with Crippen LogP contribution in [0.1, 0.15) is 29.6 Å². The summed E-state index contributed by atoms with van der Waals surface area (Å²) in [7, 11) is 0. The zero-order valence-electron chi connectivity index (χ0n) is 12.2. The minimum atomic E-state index is 0.175. The summed E-state index contributed by atoms with van der Waals surface area (Å²) in [6, 6.07) is 8.59. The molecule has 2 fully saturated rings. The SMILES string of the molecule is O=C(c1c[nH]c2ccccc12)N1CCC(N2CCCC2)C1. The Kier molecular flexibility index (Phi) is 3.19. The van der Waals surface area contributed by atoms with Crippen molar-refractivity contribution in [1.29, 1.82) is 0 Å². The molecule has 4 nitrogen and oxygen atoms in total. The Hall–Kier alpha value is -1.81. The summed E-state index contributed by atoms with van der Waals surface area (Å²) in [6.45, 7) is 4.19. The Bertz CT molecular complexity index is 657. The van der Waals surface area contributed by atoms with E-state index in [0.29, 0.717) is 6.04 Å². The first-order valence-corrected chi connectivity index (χ1v) is 7.92. The molecule has 2 saturated heterocycles. The van der Waals surface area contributed by atoms with E-state index >= 15 is 0 Å².